The summed E-state index contributed by atoms with van der Waals surface area (Å²) in [5.74, 6) is 0.288. The largest absolute Gasteiger partial charge is 0.491 e. The topological polar surface area (TPSA) is 158 Å². The van der Waals surface area contributed by atoms with E-state index in [9.17, 15) is 29.4 Å². The van der Waals surface area contributed by atoms with Crippen molar-refractivity contribution in [3.63, 3.8) is 0 Å². The molecule has 12 nitrogen and oxygen atoms in total. The van der Waals surface area contributed by atoms with E-state index in [0.29, 0.717) is 11.5 Å². The Kier molecular flexibility index (Phi) is 8.75. The quantitative estimate of drug-likeness (QED) is 0.272. The number of rotatable bonds is 12. The van der Waals surface area contributed by atoms with Crippen LogP contribution in [-0.4, -0.2) is 93.5 Å². The Morgan fingerprint density at radius 1 is 0.674 bits per heavy atom. The minimum absolute atomic E-state index is 0.0874. The maximum atomic E-state index is 12.3. The molecule has 4 N–H and O–H groups in total. The van der Waals surface area contributed by atoms with Gasteiger partial charge in [-0.3, -0.25) is 19.4 Å². The number of hydrogen-bond donors (Lipinski definition) is 4. The molecule has 6 amide bonds. The number of ether oxygens (including phenoxy) is 2. The number of amides is 6. The van der Waals surface area contributed by atoms with Crippen molar-refractivity contribution >= 4 is 23.9 Å². The summed E-state index contributed by atoms with van der Waals surface area (Å²) in [6.07, 6.45) is -2.09. The summed E-state index contributed by atoms with van der Waals surface area (Å²) in [5, 5.41) is 25.9. The molecule has 2 aliphatic rings. The van der Waals surface area contributed by atoms with Gasteiger partial charge in [-0.1, -0.05) is 38.1 Å². The predicted octanol–water partition coefficient (Wildman–Crippen LogP) is 2.15. The van der Waals surface area contributed by atoms with Crippen LogP contribution in [-0.2, 0) is 15.0 Å². The molecule has 43 heavy (non-hydrogen) atoms. The van der Waals surface area contributed by atoms with Crippen LogP contribution in [0.3, 0.4) is 0 Å². The number of benzene rings is 2. The molecule has 0 aliphatic carbocycles. The fourth-order valence-electron chi connectivity index (χ4n) is 4.98. The fraction of sp³-hybridized carbons (Fsp3) is 0.484. The highest BCUT2D eigenvalue weighted by molar-refractivity contribution is 6.07. The number of nitrogens with zero attached hydrogens (tertiary/aromatic N) is 2. The van der Waals surface area contributed by atoms with Gasteiger partial charge in [0.05, 0.1) is 13.1 Å². The van der Waals surface area contributed by atoms with Crippen LogP contribution in [0, 0.1) is 0 Å². The number of urea groups is 2. The van der Waals surface area contributed by atoms with E-state index in [1.807, 2.05) is 24.3 Å². The molecule has 2 fully saturated rings. The molecule has 4 rings (SSSR count). The highest BCUT2D eigenvalue weighted by Gasteiger charge is 2.45. The molecule has 12 heteroatoms. The Hall–Kier alpha value is -4.16. The van der Waals surface area contributed by atoms with E-state index in [-0.39, 0.29) is 31.7 Å². The summed E-state index contributed by atoms with van der Waals surface area (Å²) in [6.45, 7) is 10.1. The van der Waals surface area contributed by atoms with Gasteiger partial charge >= 0.3 is 12.1 Å². The van der Waals surface area contributed by atoms with Crippen LogP contribution in [0.2, 0.25) is 0 Å². The Morgan fingerprint density at radius 3 is 1.28 bits per heavy atom. The van der Waals surface area contributed by atoms with Crippen molar-refractivity contribution in [2.45, 2.75) is 70.2 Å². The summed E-state index contributed by atoms with van der Waals surface area (Å²) in [7, 11) is 0. The first-order chi connectivity index (χ1) is 20.0. The summed E-state index contributed by atoms with van der Waals surface area (Å²) in [5.41, 5.74) is -0.331. The molecule has 2 aliphatic heterocycles. The number of β-amino-alcohol motifs (C(OH)–C–C–N with tert-alkyl or cyclic N) is 2. The minimum atomic E-state index is -1.05. The van der Waals surface area contributed by atoms with E-state index in [4.69, 9.17) is 9.47 Å². The van der Waals surface area contributed by atoms with Crippen molar-refractivity contribution in [2.75, 3.05) is 26.3 Å². The summed E-state index contributed by atoms with van der Waals surface area (Å²) >= 11 is 0. The molecule has 0 bridgehead atoms. The number of nitrogens with one attached hydrogen (secondary N) is 2. The molecule has 2 atom stereocenters. The second-order valence-corrected chi connectivity index (χ2v) is 12.5. The number of imide groups is 2. The first-order valence-corrected chi connectivity index (χ1v) is 14.1. The fourth-order valence-corrected chi connectivity index (χ4v) is 4.98. The maximum Gasteiger partial charge on any atom is 0.325 e. The van der Waals surface area contributed by atoms with Gasteiger partial charge in [-0.05, 0) is 63.1 Å². The molecule has 0 radical (unpaired) electrons. The first kappa shape index (κ1) is 31.8. The third-order valence-electron chi connectivity index (χ3n) is 7.71. The van der Waals surface area contributed by atoms with Crippen LogP contribution in [0.4, 0.5) is 9.59 Å². The number of carbonyl (C=O) groups excluding carboxylic acids is 4. The van der Waals surface area contributed by atoms with E-state index in [1.54, 1.807) is 52.0 Å². The van der Waals surface area contributed by atoms with Crippen molar-refractivity contribution < 1.29 is 38.9 Å². The minimum Gasteiger partial charge on any atom is -0.491 e. The molecule has 0 saturated carbocycles. The summed E-state index contributed by atoms with van der Waals surface area (Å²) in [6, 6.07) is 13.8. The Labute approximate surface area is 250 Å². The van der Waals surface area contributed by atoms with Crippen molar-refractivity contribution in [3.8, 4) is 11.5 Å². The lowest BCUT2D eigenvalue weighted by atomic mass is 9.78. The molecule has 0 unspecified atom stereocenters. The average molecular weight is 597 g/mol. The lowest BCUT2D eigenvalue weighted by Crippen LogP contribution is -2.42. The highest BCUT2D eigenvalue weighted by atomic mass is 16.5. The molecule has 0 spiro atoms. The van der Waals surface area contributed by atoms with E-state index < -0.39 is 47.2 Å². The normalized spacial score (nSPS) is 19.3. The lowest BCUT2D eigenvalue weighted by molar-refractivity contribution is -0.132. The van der Waals surface area contributed by atoms with Crippen LogP contribution in [0.1, 0.15) is 52.7 Å². The van der Waals surface area contributed by atoms with Gasteiger partial charge in [-0.25, -0.2) is 9.59 Å². The molecule has 0 aromatic heterocycles. The lowest BCUT2D eigenvalue weighted by Gasteiger charge is -2.27. The van der Waals surface area contributed by atoms with Gasteiger partial charge in [0.25, 0.3) is 11.8 Å². The van der Waals surface area contributed by atoms with Gasteiger partial charge in [-0.2, -0.15) is 0 Å². The van der Waals surface area contributed by atoms with Gasteiger partial charge in [0, 0.05) is 5.41 Å². The standard InChI is InChI=1S/C31H40N4O8/c1-29(2,19-7-11-23(12-8-19)42-17-21(36)15-34-25(38)30(3,4)32-27(34)40)20-9-13-24(14-10-20)43-18-22(37)16-35-26(39)31(5,6)33-28(35)41/h7-14,21-22,36-37H,15-18H2,1-6H3,(H,32,40)(H,33,41)/t21-,22+. The molecule has 2 aromatic carbocycles. The van der Waals surface area contributed by atoms with Crippen molar-refractivity contribution in [1.29, 1.82) is 0 Å². The molecule has 2 aromatic rings. The molecule has 232 valence electrons. The monoisotopic (exact) mass is 596 g/mol. The number of hydrogen-bond acceptors (Lipinski definition) is 8. The number of aliphatic hydroxyl groups excluding tert-OH is 2. The van der Waals surface area contributed by atoms with E-state index in [1.165, 1.54) is 0 Å². The van der Waals surface area contributed by atoms with Crippen molar-refractivity contribution in [1.82, 2.24) is 20.4 Å². The molecular weight excluding hydrogens is 556 g/mol. The SMILES string of the molecule is CC1(C)NC(=O)N(C[C@H](O)COc2ccc(C(C)(C)c3ccc(OC[C@H](O)CN4C(=O)NC(C)(C)C4=O)cc3)cc2)C1=O. The Balaban J connectivity index is 1.27. The predicted molar refractivity (Wildman–Crippen MR) is 157 cm³/mol. The zero-order valence-electron chi connectivity index (χ0n) is 25.3. The molecule has 2 saturated heterocycles. The third-order valence-corrected chi connectivity index (χ3v) is 7.71. The zero-order chi connectivity index (χ0) is 31.7. The Morgan fingerprint density at radius 2 is 1.00 bits per heavy atom. The third kappa shape index (κ3) is 6.91. The smallest absolute Gasteiger partial charge is 0.325 e. The second-order valence-electron chi connectivity index (χ2n) is 12.5. The van der Waals surface area contributed by atoms with E-state index in [2.05, 4.69) is 24.5 Å². The first-order valence-electron chi connectivity index (χ1n) is 14.1. The second kappa shape index (κ2) is 11.8. The van der Waals surface area contributed by atoms with Crippen LogP contribution in [0.25, 0.3) is 0 Å². The van der Waals surface area contributed by atoms with Crippen molar-refractivity contribution in [3.05, 3.63) is 59.7 Å². The van der Waals surface area contributed by atoms with Gasteiger partial charge in [0.15, 0.2) is 0 Å². The molecule has 2 heterocycles. The van der Waals surface area contributed by atoms with Crippen molar-refractivity contribution in [2.24, 2.45) is 0 Å². The van der Waals surface area contributed by atoms with Crippen LogP contribution in [0.15, 0.2) is 48.5 Å². The van der Waals surface area contributed by atoms with Gasteiger partial charge in [0.1, 0.15) is 48.0 Å². The zero-order valence-corrected chi connectivity index (χ0v) is 25.3. The van der Waals surface area contributed by atoms with E-state index in [0.717, 1.165) is 20.9 Å². The average Bonchev–Trinajstić information content (AvgIpc) is 3.26. The molecular formula is C31H40N4O8. The van der Waals surface area contributed by atoms with Crippen LogP contribution >= 0.6 is 0 Å². The van der Waals surface area contributed by atoms with E-state index >= 15 is 0 Å². The van der Waals surface area contributed by atoms with Gasteiger partial charge < -0.3 is 30.3 Å². The summed E-state index contributed by atoms with van der Waals surface area (Å²) in [4.78, 5) is 50.7. The number of aliphatic hydroxyl groups is 2. The van der Waals surface area contributed by atoms with Crippen LogP contribution in [0.5, 0.6) is 11.5 Å². The van der Waals surface area contributed by atoms with Gasteiger partial charge in [-0.15, -0.1) is 0 Å². The number of carbonyl (C=O) groups is 4. The summed E-state index contributed by atoms with van der Waals surface area (Å²) < 4.78 is 11.4. The Bertz CT molecular complexity index is 1270. The van der Waals surface area contributed by atoms with Gasteiger partial charge in [0.2, 0.25) is 0 Å². The van der Waals surface area contributed by atoms with Crippen LogP contribution < -0.4 is 20.1 Å². The highest BCUT2D eigenvalue weighted by Crippen LogP contribution is 2.33. The maximum absolute atomic E-state index is 12.3.